The maximum Gasteiger partial charge on any atom is 0.00792 e. The Labute approximate surface area is 87.3 Å². The Hall–Kier alpha value is -0.820. The molecule has 0 radical (unpaired) electrons. The molecule has 1 rings (SSSR count). The molecule has 0 fully saturated rings. The van der Waals surface area contributed by atoms with Gasteiger partial charge in [0.2, 0.25) is 0 Å². The molecule has 0 amide bonds. The molecule has 0 aliphatic rings. The van der Waals surface area contributed by atoms with Gasteiger partial charge >= 0.3 is 0 Å². The lowest BCUT2D eigenvalue weighted by Gasteiger charge is -2.10. The number of hydrogen-bond donors (Lipinski definition) is 1. The van der Waals surface area contributed by atoms with E-state index in [1.54, 1.807) is 0 Å². The minimum Gasteiger partial charge on any atom is -0.327 e. The topological polar surface area (TPSA) is 26.0 Å². The van der Waals surface area contributed by atoms with Crippen LogP contribution in [0.1, 0.15) is 37.8 Å². The zero-order chi connectivity index (χ0) is 10.4. The van der Waals surface area contributed by atoms with Gasteiger partial charge in [-0.25, -0.2) is 0 Å². The Kier molecular flexibility index (Phi) is 4.68. The first-order valence-corrected chi connectivity index (χ1v) is 5.59. The van der Waals surface area contributed by atoms with Crippen LogP contribution in [0.4, 0.5) is 0 Å². The maximum atomic E-state index is 5.99. The fraction of sp³-hybridized carbons (Fsp3) is 0.538. The van der Waals surface area contributed by atoms with Crippen molar-refractivity contribution in [2.24, 2.45) is 5.73 Å². The predicted molar refractivity (Wildman–Crippen MR) is 62.4 cm³/mol. The largest absolute Gasteiger partial charge is 0.327 e. The number of nitrogens with two attached hydrogens (primary N) is 1. The van der Waals surface area contributed by atoms with Crippen molar-refractivity contribution in [3.8, 4) is 0 Å². The van der Waals surface area contributed by atoms with Gasteiger partial charge in [0.25, 0.3) is 0 Å². The van der Waals surface area contributed by atoms with Gasteiger partial charge in [-0.3, -0.25) is 0 Å². The van der Waals surface area contributed by atoms with Crippen LogP contribution in [-0.4, -0.2) is 6.04 Å². The summed E-state index contributed by atoms with van der Waals surface area (Å²) in [5, 5.41) is 0. The van der Waals surface area contributed by atoms with Gasteiger partial charge < -0.3 is 5.73 Å². The molecule has 0 aromatic heterocycles. The van der Waals surface area contributed by atoms with E-state index in [9.17, 15) is 0 Å². The molecule has 0 spiro atoms. The molecule has 0 aliphatic heterocycles. The zero-order valence-electron chi connectivity index (χ0n) is 9.29. The van der Waals surface area contributed by atoms with E-state index in [1.165, 1.54) is 17.5 Å². The van der Waals surface area contributed by atoms with Gasteiger partial charge in [-0.05, 0) is 30.4 Å². The van der Waals surface area contributed by atoms with Crippen LogP contribution in [0.2, 0.25) is 0 Å². The molecule has 1 aromatic rings. The van der Waals surface area contributed by atoms with Gasteiger partial charge in [-0.15, -0.1) is 0 Å². The summed E-state index contributed by atoms with van der Waals surface area (Å²) in [7, 11) is 0. The van der Waals surface area contributed by atoms with Gasteiger partial charge in [-0.2, -0.15) is 0 Å². The van der Waals surface area contributed by atoms with Crippen LogP contribution >= 0.6 is 0 Å². The normalized spacial score (nSPS) is 12.8. The lowest BCUT2D eigenvalue weighted by molar-refractivity contribution is 0.600. The molecular formula is C13H21N. The van der Waals surface area contributed by atoms with E-state index in [-0.39, 0.29) is 0 Å². The molecule has 0 saturated carbocycles. The summed E-state index contributed by atoms with van der Waals surface area (Å²) >= 11 is 0. The molecule has 2 N–H and O–H groups in total. The second-order valence-electron chi connectivity index (χ2n) is 3.92. The van der Waals surface area contributed by atoms with Gasteiger partial charge in [0.15, 0.2) is 0 Å². The number of rotatable bonds is 5. The molecule has 1 aromatic carbocycles. The van der Waals surface area contributed by atoms with Crippen molar-refractivity contribution in [3.05, 3.63) is 35.4 Å². The van der Waals surface area contributed by atoms with E-state index in [0.717, 1.165) is 19.3 Å². The zero-order valence-corrected chi connectivity index (χ0v) is 9.29. The van der Waals surface area contributed by atoms with Crippen molar-refractivity contribution in [1.29, 1.82) is 0 Å². The van der Waals surface area contributed by atoms with Crippen LogP contribution in [0.25, 0.3) is 0 Å². The monoisotopic (exact) mass is 191 g/mol. The first-order valence-electron chi connectivity index (χ1n) is 5.59. The van der Waals surface area contributed by atoms with Gasteiger partial charge in [-0.1, -0.05) is 44.5 Å². The van der Waals surface area contributed by atoms with E-state index >= 15 is 0 Å². The first-order chi connectivity index (χ1) is 6.76. The average Bonchev–Trinajstić information content (AvgIpc) is 2.19. The summed E-state index contributed by atoms with van der Waals surface area (Å²) in [5.74, 6) is 0. The second-order valence-corrected chi connectivity index (χ2v) is 3.92. The SMILES string of the molecule is CCCC(N)Cc1ccc(CC)cc1. The first kappa shape index (κ1) is 11.3. The van der Waals surface area contributed by atoms with Crippen molar-refractivity contribution in [2.45, 2.75) is 45.6 Å². The van der Waals surface area contributed by atoms with Crippen LogP contribution in [0.3, 0.4) is 0 Å². The highest BCUT2D eigenvalue weighted by molar-refractivity contribution is 5.23. The molecule has 0 heterocycles. The van der Waals surface area contributed by atoms with Crippen molar-refractivity contribution in [1.82, 2.24) is 0 Å². The predicted octanol–water partition coefficient (Wildman–Crippen LogP) is 2.92. The van der Waals surface area contributed by atoms with E-state index in [4.69, 9.17) is 5.73 Å². The fourth-order valence-electron chi connectivity index (χ4n) is 1.69. The third-order valence-corrected chi connectivity index (χ3v) is 2.59. The Morgan fingerprint density at radius 2 is 1.64 bits per heavy atom. The van der Waals surface area contributed by atoms with Gasteiger partial charge in [0, 0.05) is 6.04 Å². The molecule has 1 heteroatoms. The lowest BCUT2D eigenvalue weighted by atomic mass is 10.0. The number of aryl methyl sites for hydroxylation is 1. The summed E-state index contributed by atoms with van der Waals surface area (Å²) in [6, 6.07) is 9.14. The molecule has 14 heavy (non-hydrogen) atoms. The highest BCUT2D eigenvalue weighted by Crippen LogP contribution is 2.08. The van der Waals surface area contributed by atoms with Crippen LogP contribution in [0.5, 0.6) is 0 Å². The van der Waals surface area contributed by atoms with Crippen LogP contribution in [-0.2, 0) is 12.8 Å². The highest BCUT2D eigenvalue weighted by Gasteiger charge is 2.02. The molecule has 0 saturated heterocycles. The molecule has 1 atom stereocenters. The molecule has 0 bridgehead atoms. The summed E-state index contributed by atoms with van der Waals surface area (Å²) in [4.78, 5) is 0. The van der Waals surface area contributed by atoms with E-state index in [1.807, 2.05) is 0 Å². The minimum absolute atomic E-state index is 0.326. The van der Waals surface area contributed by atoms with E-state index in [0.29, 0.717) is 6.04 Å². The van der Waals surface area contributed by atoms with Crippen molar-refractivity contribution >= 4 is 0 Å². The molecule has 78 valence electrons. The standard InChI is InChI=1S/C13H21N/c1-3-5-13(14)10-12-8-6-11(4-2)7-9-12/h6-9,13H,3-5,10,14H2,1-2H3. The number of hydrogen-bond acceptors (Lipinski definition) is 1. The molecule has 1 unspecified atom stereocenters. The summed E-state index contributed by atoms with van der Waals surface area (Å²) < 4.78 is 0. The average molecular weight is 191 g/mol. The smallest absolute Gasteiger partial charge is 0.00792 e. The quantitative estimate of drug-likeness (QED) is 0.761. The Morgan fingerprint density at radius 1 is 1.07 bits per heavy atom. The Bertz CT molecular complexity index is 250. The van der Waals surface area contributed by atoms with Crippen molar-refractivity contribution in [3.63, 3.8) is 0 Å². The van der Waals surface area contributed by atoms with E-state index < -0.39 is 0 Å². The Balaban J connectivity index is 2.50. The fourth-order valence-corrected chi connectivity index (χ4v) is 1.69. The second kappa shape index (κ2) is 5.82. The highest BCUT2D eigenvalue weighted by atomic mass is 14.6. The molecule has 1 nitrogen and oxygen atoms in total. The number of benzene rings is 1. The summed E-state index contributed by atoms with van der Waals surface area (Å²) in [5.41, 5.74) is 8.75. The van der Waals surface area contributed by atoms with Crippen LogP contribution < -0.4 is 5.73 Å². The molecular weight excluding hydrogens is 170 g/mol. The summed E-state index contributed by atoms with van der Waals surface area (Å²) in [6.07, 6.45) is 4.42. The summed E-state index contributed by atoms with van der Waals surface area (Å²) in [6.45, 7) is 4.36. The Morgan fingerprint density at radius 3 is 2.14 bits per heavy atom. The van der Waals surface area contributed by atoms with Crippen molar-refractivity contribution in [2.75, 3.05) is 0 Å². The molecule has 0 aliphatic carbocycles. The van der Waals surface area contributed by atoms with Crippen LogP contribution in [0, 0.1) is 0 Å². The van der Waals surface area contributed by atoms with Gasteiger partial charge in [0.05, 0.1) is 0 Å². The minimum atomic E-state index is 0.326. The van der Waals surface area contributed by atoms with Crippen LogP contribution in [0.15, 0.2) is 24.3 Å². The third-order valence-electron chi connectivity index (χ3n) is 2.59. The lowest BCUT2D eigenvalue weighted by Crippen LogP contribution is -2.22. The van der Waals surface area contributed by atoms with Crippen molar-refractivity contribution < 1.29 is 0 Å². The third kappa shape index (κ3) is 3.51. The van der Waals surface area contributed by atoms with Gasteiger partial charge in [0.1, 0.15) is 0 Å². The maximum absolute atomic E-state index is 5.99. The van der Waals surface area contributed by atoms with E-state index in [2.05, 4.69) is 38.1 Å².